The van der Waals surface area contributed by atoms with E-state index in [1.54, 1.807) is 14.0 Å². The molecule has 0 aliphatic carbocycles. The molecule has 0 radical (unpaired) electrons. The van der Waals surface area contributed by atoms with Gasteiger partial charge in [0.2, 0.25) is 10.0 Å². The molecule has 4 nitrogen and oxygen atoms in total. The second-order valence-corrected chi connectivity index (χ2v) is 6.79. The molecule has 0 spiro atoms. The molecule has 1 unspecified atom stereocenters. The molecule has 1 atom stereocenters. The van der Waals surface area contributed by atoms with Crippen molar-refractivity contribution >= 4 is 10.0 Å². The molecule has 86 valence electrons. The predicted octanol–water partition coefficient (Wildman–Crippen LogP) is 0.641. The summed E-state index contributed by atoms with van der Waals surface area (Å²) in [5, 5.41) is 0. The maximum absolute atomic E-state index is 11.7. The first-order valence-corrected chi connectivity index (χ1v) is 6.41. The smallest absolute Gasteiger partial charge is 0.215 e. The van der Waals surface area contributed by atoms with Crippen LogP contribution in [-0.4, -0.2) is 38.1 Å². The van der Waals surface area contributed by atoms with Crippen molar-refractivity contribution in [3.05, 3.63) is 0 Å². The molecule has 0 amide bonds. The zero-order valence-corrected chi connectivity index (χ0v) is 10.6. The van der Waals surface area contributed by atoms with E-state index >= 15 is 0 Å². The Morgan fingerprint density at radius 3 is 2.07 bits per heavy atom. The summed E-state index contributed by atoms with van der Waals surface area (Å²) in [6.07, 6.45) is 0. The maximum Gasteiger partial charge on any atom is 0.215 e. The number of hydrogen-bond acceptors (Lipinski definition) is 3. The van der Waals surface area contributed by atoms with E-state index in [9.17, 15) is 8.42 Å². The van der Waals surface area contributed by atoms with Gasteiger partial charge in [-0.05, 0) is 5.41 Å². The number of nitrogens with two attached hydrogens (primary N) is 1. The van der Waals surface area contributed by atoms with Crippen LogP contribution in [0.3, 0.4) is 0 Å². The minimum absolute atomic E-state index is 0.0147. The fraction of sp³-hybridized carbons (Fsp3) is 1.00. The Bertz CT molecular complexity index is 267. The van der Waals surface area contributed by atoms with Gasteiger partial charge >= 0.3 is 0 Å². The first-order valence-electron chi connectivity index (χ1n) is 4.81. The Balaban J connectivity index is 4.54. The van der Waals surface area contributed by atoms with Crippen LogP contribution in [0.2, 0.25) is 0 Å². The van der Waals surface area contributed by atoms with Gasteiger partial charge in [0.25, 0.3) is 0 Å². The molecule has 5 heteroatoms. The number of sulfonamides is 1. The van der Waals surface area contributed by atoms with E-state index in [-0.39, 0.29) is 17.2 Å². The van der Waals surface area contributed by atoms with E-state index < -0.39 is 10.0 Å². The van der Waals surface area contributed by atoms with Gasteiger partial charge in [0, 0.05) is 19.6 Å². The van der Waals surface area contributed by atoms with Gasteiger partial charge in [-0.3, -0.25) is 0 Å². The Kier molecular flexibility index (Phi) is 4.55. The van der Waals surface area contributed by atoms with E-state index in [1.807, 2.05) is 20.8 Å². The summed E-state index contributed by atoms with van der Waals surface area (Å²) >= 11 is 0. The summed E-state index contributed by atoms with van der Waals surface area (Å²) in [4.78, 5) is 0. The van der Waals surface area contributed by atoms with Crippen LogP contribution in [0.25, 0.3) is 0 Å². The van der Waals surface area contributed by atoms with Gasteiger partial charge in [-0.1, -0.05) is 27.7 Å². The first kappa shape index (κ1) is 13.9. The van der Waals surface area contributed by atoms with Crippen molar-refractivity contribution in [2.75, 3.05) is 19.3 Å². The van der Waals surface area contributed by atoms with Gasteiger partial charge in [0.15, 0.2) is 0 Å². The summed E-state index contributed by atoms with van der Waals surface area (Å²) < 4.78 is 24.7. The van der Waals surface area contributed by atoms with Crippen LogP contribution in [0.4, 0.5) is 0 Å². The van der Waals surface area contributed by atoms with E-state index in [0.29, 0.717) is 6.54 Å². The normalized spacial score (nSPS) is 15.9. The van der Waals surface area contributed by atoms with Crippen molar-refractivity contribution in [2.45, 2.75) is 33.7 Å². The minimum atomic E-state index is -3.18. The monoisotopic (exact) mass is 222 g/mol. The molecule has 0 rings (SSSR count). The molecule has 0 aromatic heterocycles. The lowest BCUT2D eigenvalue weighted by atomic mass is 9.89. The van der Waals surface area contributed by atoms with Gasteiger partial charge in [-0.15, -0.1) is 0 Å². The highest BCUT2D eigenvalue weighted by atomic mass is 32.2. The molecule has 0 aliphatic rings. The predicted molar refractivity (Wildman–Crippen MR) is 59.5 cm³/mol. The molecule has 0 saturated carbocycles. The topological polar surface area (TPSA) is 63.4 Å². The maximum atomic E-state index is 11.7. The molecule has 0 fully saturated rings. The molecule has 0 aliphatic heterocycles. The first-order chi connectivity index (χ1) is 6.11. The fourth-order valence-corrected chi connectivity index (χ4v) is 2.40. The SMILES string of the molecule is CCN(C)S(=O)(=O)CC(N)C(C)(C)C. The molecule has 0 aromatic carbocycles. The fourth-order valence-electron chi connectivity index (χ4n) is 0.801. The number of nitrogens with zero attached hydrogens (tertiary/aromatic N) is 1. The summed E-state index contributed by atoms with van der Waals surface area (Å²) in [6, 6.07) is -0.332. The average molecular weight is 222 g/mol. The van der Waals surface area contributed by atoms with E-state index in [0.717, 1.165) is 0 Å². The Morgan fingerprint density at radius 2 is 1.79 bits per heavy atom. The van der Waals surface area contributed by atoms with Crippen LogP contribution < -0.4 is 5.73 Å². The van der Waals surface area contributed by atoms with Gasteiger partial charge in [-0.25, -0.2) is 12.7 Å². The van der Waals surface area contributed by atoms with E-state index in [4.69, 9.17) is 5.73 Å². The summed E-state index contributed by atoms with van der Waals surface area (Å²) in [6.45, 7) is 8.12. The highest BCUT2D eigenvalue weighted by Crippen LogP contribution is 2.19. The molecule has 2 N–H and O–H groups in total. The van der Waals surface area contributed by atoms with Crippen molar-refractivity contribution in [3.8, 4) is 0 Å². The highest BCUT2D eigenvalue weighted by Gasteiger charge is 2.28. The molecule has 0 bridgehead atoms. The van der Waals surface area contributed by atoms with Crippen LogP contribution in [-0.2, 0) is 10.0 Å². The van der Waals surface area contributed by atoms with Crippen LogP contribution in [0.1, 0.15) is 27.7 Å². The average Bonchev–Trinajstić information content (AvgIpc) is 2.00. The van der Waals surface area contributed by atoms with Crippen LogP contribution in [0, 0.1) is 5.41 Å². The van der Waals surface area contributed by atoms with Gasteiger partial charge in [0.05, 0.1) is 5.75 Å². The molecule has 0 heterocycles. The summed E-state index contributed by atoms with van der Waals surface area (Å²) in [5.41, 5.74) is 5.64. The highest BCUT2D eigenvalue weighted by molar-refractivity contribution is 7.89. The summed E-state index contributed by atoms with van der Waals surface area (Å²) in [5.74, 6) is 0.0147. The molecular formula is C9H22N2O2S. The van der Waals surface area contributed by atoms with Crippen molar-refractivity contribution in [1.29, 1.82) is 0 Å². The van der Waals surface area contributed by atoms with Crippen LogP contribution in [0.5, 0.6) is 0 Å². The second-order valence-electron chi connectivity index (χ2n) is 4.67. The Labute approximate surface area is 87.5 Å². The zero-order chi connectivity index (χ0) is 11.6. The number of hydrogen-bond donors (Lipinski definition) is 1. The van der Waals surface area contributed by atoms with Crippen LogP contribution >= 0.6 is 0 Å². The van der Waals surface area contributed by atoms with Crippen LogP contribution in [0.15, 0.2) is 0 Å². The Morgan fingerprint density at radius 1 is 1.36 bits per heavy atom. The lowest BCUT2D eigenvalue weighted by Crippen LogP contribution is -2.44. The van der Waals surface area contributed by atoms with E-state index in [1.165, 1.54) is 4.31 Å². The quantitative estimate of drug-likeness (QED) is 0.759. The van der Waals surface area contributed by atoms with Gasteiger partial charge < -0.3 is 5.73 Å². The third kappa shape index (κ3) is 3.94. The minimum Gasteiger partial charge on any atom is -0.326 e. The summed E-state index contributed by atoms with van der Waals surface area (Å²) in [7, 11) is -1.61. The zero-order valence-electron chi connectivity index (χ0n) is 9.74. The van der Waals surface area contributed by atoms with Crippen molar-refractivity contribution in [1.82, 2.24) is 4.31 Å². The largest absolute Gasteiger partial charge is 0.326 e. The molecule has 14 heavy (non-hydrogen) atoms. The molecule has 0 aromatic rings. The van der Waals surface area contributed by atoms with Crippen molar-refractivity contribution in [2.24, 2.45) is 11.1 Å². The second kappa shape index (κ2) is 4.59. The van der Waals surface area contributed by atoms with Crippen molar-refractivity contribution in [3.63, 3.8) is 0 Å². The lowest BCUT2D eigenvalue weighted by Gasteiger charge is -2.28. The van der Waals surface area contributed by atoms with E-state index in [2.05, 4.69) is 0 Å². The third-order valence-electron chi connectivity index (χ3n) is 2.42. The standard InChI is InChI=1S/C9H22N2O2S/c1-6-11(5)14(12,13)7-8(10)9(2,3)4/h8H,6-7,10H2,1-5H3. The Hall–Kier alpha value is -0.130. The molecular weight excluding hydrogens is 200 g/mol. The third-order valence-corrected chi connectivity index (χ3v) is 4.41. The number of rotatable bonds is 4. The molecule has 0 saturated heterocycles. The van der Waals surface area contributed by atoms with Crippen molar-refractivity contribution < 1.29 is 8.42 Å². The van der Waals surface area contributed by atoms with Gasteiger partial charge in [0.1, 0.15) is 0 Å². The van der Waals surface area contributed by atoms with Gasteiger partial charge in [-0.2, -0.15) is 0 Å². The lowest BCUT2D eigenvalue weighted by molar-refractivity contribution is 0.336.